The number of pyridine rings is 1. The Balaban J connectivity index is 1.85. The predicted octanol–water partition coefficient (Wildman–Crippen LogP) is 5.32. The number of nitrogens with zero attached hydrogens (tertiary/aromatic N) is 1. The molecule has 3 rings (SSSR count). The summed E-state index contributed by atoms with van der Waals surface area (Å²) in [6.07, 6.45) is 0.535. The molecule has 0 radical (unpaired) electrons. The van der Waals surface area contributed by atoms with Gasteiger partial charge in [0, 0.05) is 12.2 Å². The number of hydrogen-bond acceptors (Lipinski definition) is 3. The highest BCUT2D eigenvalue weighted by molar-refractivity contribution is 6.34. The lowest BCUT2D eigenvalue weighted by molar-refractivity contribution is 0.0697. The van der Waals surface area contributed by atoms with Crippen molar-refractivity contribution in [2.75, 3.05) is 5.32 Å². The summed E-state index contributed by atoms with van der Waals surface area (Å²) in [5.74, 6) is -0.973. The van der Waals surface area contributed by atoms with E-state index in [9.17, 15) is 9.59 Å². The number of nitrogens with one attached hydrogen (secondary N) is 1. The number of aromatic carboxylic acids is 1. The molecule has 0 unspecified atom stereocenters. The highest BCUT2D eigenvalue weighted by Gasteiger charge is 2.14. The number of aryl methyl sites for hydroxylation is 2. The summed E-state index contributed by atoms with van der Waals surface area (Å²) in [5, 5.41) is 12.9. The van der Waals surface area contributed by atoms with Crippen molar-refractivity contribution < 1.29 is 9.90 Å². The topological polar surface area (TPSA) is 71.3 Å². The molecule has 156 valence electrons. The number of carboxylic acids is 1. The van der Waals surface area contributed by atoms with Crippen LogP contribution in [0.5, 0.6) is 0 Å². The van der Waals surface area contributed by atoms with Crippen LogP contribution in [0.25, 0.3) is 0 Å². The molecule has 0 aliphatic heterocycles. The third kappa shape index (κ3) is 4.86. The fourth-order valence-electron chi connectivity index (χ4n) is 3.23. The number of rotatable bonds is 7. The van der Waals surface area contributed by atoms with E-state index in [1.54, 1.807) is 28.8 Å². The lowest BCUT2D eigenvalue weighted by Crippen LogP contribution is -2.26. The molecule has 2 aromatic carbocycles. The normalized spacial score (nSPS) is 10.8. The molecular weight excluding hydrogens is 423 g/mol. The van der Waals surface area contributed by atoms with E-state index in [4.69, 9.17) is 28.3 Å². The van der Waals surface area contributed by atoms with Gasteiger partial charge in [0.1, 0.15) is 5.02 Å². The van der Waals surface area contributed by atoms with Crippen molar-refractivity contribution in [1.29, 1.82) is 0 Å². The highest BCUT2D eigenvalue weighted by atomic mass is 35.5. The van der Waals surface area contributed by atoms with Gasteiger partial charge in [-0.1, -0.05) is 47.5 Å². The van der Waals surface area contributed by atoms with Crippen molar-refractivity contribution in [3.05, 3.63) is 96.9 Å². The van der Waals surface area contributed by atoms with E-state index < -0.39 is 5.97 Å². The van der Waals surface area contributed by atoms with E-state index >= 15 is 0 Å². The third-order valence-electron chi connectivity index (χ3n) is 5.18. The highest BCUT2D eigenvalue weighted by Crippen LogP contribution is 2.23. The van der Waals surface area contributed by atoms with Gasteiger partial charge in [0.15, 0.2) is 0 Å². The van der Waals surface area contributed by atoms with Gasteiger partial charge in [0.25, 0.3) is 5.56 Å². The van der Waals surface area contributed by atoms with Crippen LogP contribution in [0, 0.1) is 13.8 Å². The van der Waals surface area contributed by atoms with E-state index in [-0.39, 0.29) is 16.1 Å². The zero-order chi connectivity index (χ0) is 21.8. The zero-order valence-electron chi connectivity index (χ0n) is 16.7. The second kappa shape index (κ2) is 9.37. The monoisotopic (exact) mass is 444 g/mol. The molecule has 0 bridgehead atoms. The van der Waals surface area contributed by atoms with Gasteiger partial charge < -0.3 is 15.0 Å². The Labute approximate surface area is 184 Å². The van der Waals surface area contributed by atoms with Crippen molar-refractivity contribution in [3.63, 3.8) is 0 Å². The van der Waals surface area contributed by atoms with Crippen LogP contribution in [-0.2, 0) is 19.5 Å². The van der Waals surface area contributed by atoms with Crippen molar-refractivity contribution in [3.8, 4) is 0 Å². The number of hydrogen-bond donors (Lipinski definition) is 2. The molecule has 0 spiro atoms. The maximum Gasteiger partial charge on any atom is 0.335 e. The van der Waals surface area contributed by atoms with Gasteiger partial charge in [0.2, 0.25) is 0 Å². The molecule has 0 saturated heterocycles. The van der Waals surface area contributed by atoms with Crippen LogP contribution >= 0.6 is 23.2 Å². The first-order valence-electron chi connectivity index (χ1n) is 9.48. The molecule has 1 heterocycles. The molecule has 2 N–H and O–H groups in total. The van der Waals surface area contributed by atoms with E-state index in [0.29, 0.717) is 30.2 Å². The predicted molar refractivity (Wildman–Crippen MR) is 121 cm³/mol. The number of carboxylic acid groups (broad SMARTS) is 1. The second-order valence-corrected chi connectivity index (χ2v) is 7.91. The van der Waals surface area contributed by atoms with Gasteiger partial charge in [0.05, 0.1) is 22.8 Å². The molecule has 30 heavy (non-hydrogen) atoms. The second-order valence-electron chi connectivity index (χ2n) is 7.10. The van der Waals surface area contributed by atoms with Crippen LogP contribution in [0.15, 0.2) is 53.3 Å². The molecular formula is C23H22Cl2N2O3. The standard InChI is InChI=1S/C23H22Cl2N2O3/c1-14-4-3-5-20(15(14)2)26-13-21-18(24)12-19(25)22(28)27(21)11-10-16-6-8-17(9-7-16)23(29)30/h3-9,12,26H,10-11,13H2,1-2H3,(H,29,30). The van der Waals surface area contributed by atoms with Crippen molar-refractivity contribution in [1.82, 2.24) is 4.57 Å². The van der Waals surface area contributed by atoms with E-state index in [0.717, 1.165) is 16.8 Å². The van der Waals surface area contributed by atoms with Crippen molar-refractivity contribution in [2.24, 2.45) is 0 Å². The molecule has 7 heteroatoms. The Morgan fingerprint density at radius 3 is 2.43 bits per heavy atom. The summed E-state index contributed by atoms with van der Waals surface area (Å²) >= 11 is 12.5. The zero-order valence-corrected chi connectivity index (χ0v) is 18.2. The molecule has 3 aromatic rings. The summed E-state index contributed by atoms with van der Waals surface area (Å²) in [6, 6.07) is 14.1. The minimum absolute atomic E-state index is 0.0664. The lowest BCUT2D eigenvalue weighted by Gasteiger charge is -2.18. The quantitative estimate of drug-likeness (QED) is 0.516. The Hall–Kier alpha value is -2.76. The molecule has 0 amide bonds. The van der Waals surface area contributed by atoms with Crippen molar-refractivity contribution in [2.45, 2.75) is 33.4 Å². The molecule has 0 saturated carbocycles. The van der Waals surface area contributed by atoms with Gasteiger partial charge in [-0.25, -0.2) is 4.79 Å². The van der Waals surface area contributed by atoms with Gasteiger partial charge >= 0.3 is 5.97 Å². The maximum absolute atomic E-state index is 12.7. The Kier molecular flexibility index (Phi) is 6.85. The van der Waals surface area contributed by atoms with Crippen LogP contribution in [-0.4, -0.2) is 15.6 Å². The Morgan fingerprint density at radius 2 is 1.77 bits per heavy atom. The van der Waals surface area contributed by atoms with Crippen LogP contribution < -0.4 is 10.9 Å². The first-order chi connectivity index (χ1) is 14.3. The number of carbonyl (C=O) groups is 1. The number of anilines is 1. The number of aromatic nitrogens is 1. The maximum atomic E-state index is 12.7. The van der Waals surface area contributed by atoms with Gasteiger partial charge in [-0.2, -0.15) is 0 Å². The van der Waals surface area contributed by atoms with E-state index in [1.807, 2.05) is 32.0 Å². The average molecular weight is 445 g/mol. The molecule has 0 atom stereocenters. The number of halogens is 2. The number of benzene rings is 2. The van der Waals surface area contributed by atoms with Crippen LogP contribution in [0.4, 0.5) is 5.69 Å². The van der Waals surface area contributed by atoms with Crippen LogP contribution in [0.2, 0.25) is 10.0 Å². The summed E-state index contributed by atoms with van der Waals surface area (Å²) in [5.41, 5.74) is 4.76. The molecule has 0 fully saturated rings. The van der Waals surface area contributed by atoms with E-state index in [2.05, 4.69) is 5.32 Å². The Bertz CT molecular complexity index is 1140. The summed E-state index contributed by atoms with van der Waals surface area (Å²) in [6.45, 7) is 4.82. The van der Waals surface area contributed by atoms with Gasteiger partial charge in [-0.15, -0.1) is 0 Å². The summed E-state index contributed by atoms with van der Waals surface area (Å²) in [7, 11) is 0. The van der Waals surface area contributed by atoms with E-state index in [1.165, 1.54) is 11.6 Å². The first kappa shape index (κ1) is 21.9. The van der Waals surface area contributed by atoms with Gasteiger partial charge in [-0.05, 0) is 61.2 Å². The largest absolute Gasteiger partial charge is 0.478 e. The van der Waals surface area contributed by atoms with Gasteiger partial charge in [-0.3, -0.25) is 4.79 Å². The molecule has 5 nitrogen and oxygen atoms in total. The SMILES string of the molecule is Cc1cccc(NCc2c(Cl)cc(Cl)c(=O)n2CCc2ccc(C(=O)O)cc2)c1C. The third-order valence-corrected chi connectivity index (χ3v) is 5.78. The lowest BCUT2D eigenvalue weighted by atomic mass is 10.1. The molecule has 0 aliphatic carbocycles. The van der Waals surface area contributed by atoms with Crippen LogP contribution in [0.3, 0.4) is 0 Å². The fourth-order valence-corrected chi connectivity index (χ4v) is 3.77. The van der Waals surface area contributed by atoms with Crippen LogP contribution in [0.1, 0.15) is 32.7 Å². The Morgan fingerprint density at radius 1 is 1.07 bits per heavy atom. The smallest absolute Gasteiger partial charge is 0.335 e. The average Bonchev–Trinajstić information content (AvgIpc) is 2.72. The van der Waals surface area contributed by atoms with Crippen molar-refractivity contribution >= 4 is 34.9 Å². The minimum atomic E-state index is -0.973. The summed E-state index contributed by atoms with van der Waals surface area (Å²) in [4.78, 5) is 23.7. The summed E-state index contributed by atoms with van der Waals surface area (Å²) < 4.78 is 1.58. The minimum Gasteiger partial charge on any atom is -0.478 e. The fraction of sp³-hybridized carbons (Fsp3) is 0.217. The molecule has 1 aromatic heterocycles. The molecule has 0 aliphatic rings. The first-order valence-corrected chi connectivity index (χ1v) is 10.2.